The summed E-state index contributed by atoms with van der Waals surface area (Å²) in [5, 5.41) is 6.69. The van der Waals surface area contributed by atoms with Gasteiger partial charge in [0.05, 0.1) is 0 Å². The second kappa shape index (κ2) is 9.53. The lowest BCUT2D eigenvalue weighted by Crippen LogP contribution is -2.13. The van der Waals surface area contributed by atoms with Crippen molar-refractivity contribution in [3.8, 4) is 0 Å². The van der Waals surface area contributed by atoms with E-state index in [1.54, 1.807) is 0 Å². The Morgan fingerprint density at radius 1 is 1.00 bits per heavy atom. The zero-order chi connectivity index (χ0) is 14.8. The summed E-state index contributed by atoms with van der Waals surface area (Å²) in [6, 6.07) is 0. The lowest BCUT2D eigenvalue weighted by atomic mass is 10.2. The van der Waals surface area contributed by atoms with E-state index in [1.807, 2.05) is 6.92 Å². The van der Waals surface area contributed by atoms with Crippen molar-refractivity contribution in [2.75, 3.05) is 36.9 Å². The lowest BCUT2D eigenvalue weighted by Gasteiger charge is -2.14. The number of rotatable bonds is 10. The summed E-state index contributed by atoms with van der Waals surface area (Å²) >= 11 is 0. The molecular weight excluding hydrogens is 252 g/mol. The first-order valence-electron chi connectivity index (χ1n) is 7.65. The Labute approximate surface area is 122 Å². The maximum absolute atomic E-state index is 5.47. The third-order valence-corrected chi connectivity index (χ3v) is 2.96. The molecule has 2 N–H and O–H groups in total. The van der Waals surface area contributed by atoms with E-state index in [2.05, 4.69) is 41.4 Å². The molecule has 1 aromatic heterocycles. The molecule has 5 nitrogen and oxygen atoms in total. The van der Waals surface area contributed by atoms with E-state index in [1.165, 1.54) is 0 Å². The molecule has 0 saturated heterocycles. The van der Waals surface area contributed by atoms with Crippen LogP contribution >= 0.6 is 0 Å². The molecule has 0 aliphatic rings. The summed E-state index contributed by atoms with van der Waals surface area (Å²) in [7, 11) is 0. The van der Waals surface area contributed by atoms with Gasteiger partial charge in [-0.25, -0.2) is 9.97 Å². The van der Waals surface area contributed by atoms with Gasteiger partial charge in [0.2, 0.25) is 0 Å². The van der Waals surface area contributed by atoms with Crippen molar-refractivity contribution in [2.24, 2.45) is 0 Å². The molecule has 20 heavy (non-hydrogen) atoms. The van der Waals surface area contributed by atoms with E-state index >= 15 is 0 Å². The summed E-state index contributed by atoms with van der Waals surface area (Å²) in [5.74, 6) is 2.74. The number of hydrogen-bond acceptors (Lipinski definition) is 5. The van der Waals surface area contributed by atoms with Crippen LogP contribution < -0.4 is 10.6 Å². The second-order valence-corrected chi connectivity index (χ2v) is 4.74. The van der Waals surface area contributed by atoms with Crippen LogP contribution in [0.25, 0.3) is 0 Å². The number of nitrogens with zero attached hydrogens (tertiary/aromatic N) is 2. The lowest BCUT2D eigenvalue weighted by molar-refractivity contribution is 0.134. The van der Waals surface area contributed by atoms with Crippen LogP contribution in [0.3, 0.4) is 0 Å². The van der Waals surface area contributed by atoms with Gasteiger partial charge in [0.1, 0.15) is 17.5 Å². The maximum Gasteiger partial charge on any atom is 0.134 e. The van der Waals surface area contributed by atoms with Gasteiger partial charge in [-0.2, -0.15) is 0 Å². The molecule has 0 aliphatic heterocycles. The Morgan fingerprint density at radius 2 is 1.70 bits per heavy atom. The molecule has 0 atom stereocenters. The highest BCUT2D eigenvalue weighted by atomic mass is 16.5. The second-order valence-electron chi connectivity index (χ2n) is 4.74. The topological polar surface area (TPSA) is 59.1 Å². The van der Waals surface area contributed by atoms with E-state index in [0.717, 1.165) is 68.6 Å². The van der Waals surface area contributed by atoms with Gasteiger partial charge < -0.3 is 15.4 Å². The highest BCUT2D eigenvalue weighted by Gasteiger charge is 2.09. The average Bonchev–Trinajstić information content (AvgIpc) is 2.46. The summed E-state index contributed by atoms with van der Waals surface area (Å²) in [6.07, 6.45) is 2.90. The molecular formula is C15H28N4O. The van der Waals surface area contributed by atoms with Gasteiger partial charge in [-0.1, -0.05) is 13.8 Å². The van der Waals surface area contributed by atoms with Crippen molar-refractivity contribution < 1.29 is 4.74 Å². The van der Waals surface area contributed by atoms with Gasteiger partial charge in [-0.05, 0) is 26.7 Å². The molecule has 0 aliphatic carbocycles. The highest BCUT2D eigenvalue weighted by molar-refractivity contribution is 5.57. The Kier molecular flexibility index (Phi) is 7.95. The van der Waals surface area contributed by atoms with Crippen molar-refractivity contribution in [3.63, 3.8) is 0 Å². The van der Waals surface area contributed by atoms with Crippen molar-refractivity contribution >= 4 is 11.6 Å². The number of nitrogens with one attached hydrogen (secondary N) is 2. The minimum Gasteiger partial charge on any atom is -0.381 e. The first-order valence-corrected chi connectivity index (χ1v) is 7.65. The van der Waals surface area contributed by atoms with Gasteiger partial charge in [0, 0.05) is 38.3 Å². The maximum atomic E-state index is 5.47. The average molecular weight is 280 g/mol. The summed E-state index contributed by atoms with van der Waals surface area (Å²) in [6.45, 7) is 11.7. The molecule has 0 aromatic carbocycles. The van der Waals surface area contributed by atoms with Gasteiger partial charge >= 0.3 is 0 Å². The molecule has 114 valence electrons. The first kappa shape index (κ1) is 16.7. The number of hydrogen-bond donors (Lipinski definition) is 2. The van der Waals surface area contributed by atoms with Crippen LogP contribution in [0.4, 0.5) is 11.6 Å². The predicted octanol–water partition coefficient (Wildman–Crippen LogP) is 3.01. The Hall–Kier alpha value is -1.36. The van der Waals surface area contributed by atoms with E-state index in [9.17, 15) is 0 Å². The molecule has 0 spiro atoms. The number of aromatic nitrogens is 2. The minimum atomic E-state index is 0.797. The van der Waals surface area contributed by atoms with Crippen LogP contribution in [0.5, 0.6) is 0 Å². The van der Waals surface area contributed by atoms with Crippen molar-refractivity contribution in [2.45, 2.75) is 47.0 Å². The van der Waals surface area contributed by atoms with E-state index in [-0.39, 0.29) is 0 Å². The summed E-state index contributed by atoms with van der Waals surface area (Å²) in [4.78, 5) is 9.09. The zero-order valence-electron chi connectivity index (χ0n) is 13.3. The minimum absolute atomic E-state index is 0.797. The fourth-order valence-electron chi connectivity index (χ4n) is 1.86. The normalized spacial score (nSPS) is 10.6. The molecule has 0 amide bonds. The van der Waals surface area contributed by atoms with E-state index in [0.29, 0.717) is 0 Å². The van der Waals surface area contributed by atoms with Crippen LogP contribution in [-0.4, -0.2) is 36.3 Å². The molecule has 1 heterocycles. The van der Waals surface area contributed by atoms with Crippen molar-refractivity contribution in [1.82, 2.24) is 9.97 Å². The molecule has 0 fully saturated rings. The summed E-state index contributed by atoms with van der Waals surface area (Å²) in [5.41, 5.74) is 1.08. The molecule has 1 aromatic rings. The molecule has 5 heteroatoms. The number of ether oxygens (including phenoxy) is 1. The molecule has 0 bridgehead atoms. The van der Waals surface area contributed by atoms with E-state index in [4.69, 9.17) is 4.74 Å². The monoisotopic (exact) mass is 280 g/mol. The highest BCUT2D eigenvalue weighted by Crippen LogP contribution is 2.20. The predicted molar refractivity (Wildman–Crippen MR) is 84.5 cm³/mol. The third kappa shape index (κ3) is 5.33. The Morgan fingerprint density at radius 3 is 2.30 bits per heavy atom. The van der Waals surface area contributed by atoms with Gasteiger partial charge in [-0.3, -0.25) is 0 Å². The van der Waals surface area contributed by atoms with Gasteiger partial charge in [0.15, 0.2) is 0 Å². The smallest absolute Gasteiger partial charge is 0.134 e. The van der Waals surface area contributed by atoms with Gasteiger partial charge in [-0.15, -0.1) is 0 Å². The summed E-state index contributed by atoms with van der Waals surface area (Å²) < 4.78 is 5.47. The Bertz CT molecular complexity index is 396. The van der Waals surface area contributed by atoms with Crippen LogP contribution in [-0.2, 0) is 11.2 Å². The van der Waals surface area contributed by atoms with Gasteiger partial charge in [0.25, 0.3) is 0 Å². The Balaban J connectivity index is 2.57. The number of anilines is 2. The largest absolute Gasteiger partial charge is 0.381 e. The zero-order valence-corrected chi connectivity index (χ0v) is 13.3. The van der Waals surface area contributed by atoms with Crippen LogP contribution in [0.1, 0.15) is 45.0 Å². The van der Waals surface area contributed by atoms with Crippen LogP contribution in [0, 0.1) is 6.92 Å². The van der Waals surface area contributed by atoms with E-state index < -0.39 is 0 Å². The first-order chi connectivity index (χ1) is 9.72. The van der Waals surface area contributed by atoms with Crippen molar-refractivity contribution in [1.29, 1.82) is 0 Å². The molecule has 0 saturated carbocycles. The number of aryl methyl sites for hydroxylation is 1. The molecule has 1 rings (SSSR count). The fraction of sp³-hybridized carbons (Fsp3) is 0.733. The third-order valence-electron chi connectivity index (χ3n) is 2.96. The van der Waals surface area contributed by atoms with Crippen LogP contribution in [0.15, 0.2) is 0 Å². The standard InChI is InChI=1S/C15H28N4O/c1-5-10-20-11-8-9-17-15-12(4)14(16-7-3)18-13(6-2)19-15/h5-11H2,1-4H3,(H2,16,17,18,19). The van der Waals surface area contributed by atoms with Crippen LogP contribution in [0.2, 0.25) is 0 Å². The quantitative estimate of drug-likeness (QED) is 0.645. The van der Waals surface area contributed by atoms with Crippen molar-refractivity contribution in [3.05, 3.63) is 11.4 Å². The molecule has 0 unspecified atom stereocenters. The SMILES string of the molecule is CCCOCCCNc1nc(CC)nc(NCC)c1C. The molecule has 0 radical (unpaired) electrons. The fourth-order valence-corrected chi connectivity index (χ4v) is 1.86.